The topological polar surface area (TPSA) is 192 Å². The van der Waals surface area contributed by atoms with E-state index in [2.05, 4.69) is 6.92 Å². The molecule has 0 rings (SSSR count). The Balaban J connectivity index is -0.00000114. The third-order valence-electron chi connectivity index (χ3n) is 6.59. The number of carbonyl (C=O) groups excluding carboxylic acids is 2. The van der Waals surface area contributed by atoms with Crippen LogP contribution in [0.3, 0.4) is 0 Å². The Hall–Kier alpha value is 1.79. The van der Waals surface area contributed by atoms with Crippen molar-refractivity contribution in [3.63, 3.8) is 0 Å². The minimum Gasteiger partial charge on any atom is -0.481 e. The summed E-state index contributed by atoms with van der Waals surface area (Å²) in [4.78, 5) is 47.6. The summed E-state index contributed by atoms with van der Waals surface area (Å²) in [6, 6.07) is -1.85. The van der Waals surface area contributed by atoms with Crippen LogP contribution >= 0.6 is 0 Å². The molecule has 0 spiro atoms. The van der Waals surface area contributed by atoms with Crippen molar-refractivity contribution in [1.29, 1.82) is 0 Å². The number of carboxylic acid groups (broad SMARTS) is 2. The standard InChI is InChI=1S/C26H48N2O9S.4Na/c1-2-3-4-5-6-7-8-9-10-11-12-13-14-15-16-17-18-28(21(26(33)34)19-24(30)31)25(32)22(20-23(27)29)38(35,36)37;;;;/h21-22H,2-20H2,1H3,(H2,27,29)(H,30,31)(H,33,34)(H,35,36,37);;;;. The van der Waals surface area contributed by atoms with E-state index in [1.54, 1.807) is 0 Å². The molecule has 4 radical (unpaired) electrons. The van der Waals surface area contributed by atoms with Crippen LogP contribution in [0.25, 0.3) is 0 Å². The molecule has 0 aliphatic rings. The van der Waals surface area contributed by atoms with E-state index in [0.29, 0.717) is 17.7 Å². The van der Waals surface area contributed by atoms with E-state index in [-0.39, 0.29) is 125 Å². The van der Waals surface area contributed by atoms with Crippen LogP contribution in [0.2, 0.25) is 0 Å². The quantitative estimate of drug-likeness (QED) is 0.0650. The summed E-state index contributed by atoms with van der Waals surface area (Å²) in [5, 5.41) is 16.3. The fraction of sp³-hybridized carbons (Fsp3) is 0.846. The van der Waals surface area contributed by atoms with E-state index >= 15 is 0 Å². The number of carbonyl (C=O) groups is 4. The molecule has 0 fully saturated rings. The molecule has 0 bridgehead atoms. The number of nitrogens with two attached hydrogens (primary N) is 1. The number of hydrogen-bond acceptors (Lipinski definition) is 6. The molecule has 2 unspecified atom stereocenters. The maximum Gasteiger partial charge on any atom is 0.327 e. The van der Waals surface area contributed by atoms with Gasteiger partial charge < -0.3 is 20.8 Å². The number of primary amides is 1. The molecule has 226 valence electrons. The second kappa shape index (κ2) is 32.7. The van der Waals surface area contributed by atoms with Gasteiger partial charge in [-0.2, -0.15) is 8.42 Å². The molecule has 0 aromatic heterocycles. The van der Waals surface area contributed by atoms with Gasteiger partial charge in [-0.3, -0.25) is 18.9 Å². The van der Waals surface area contributed by atoms with Gasteiger partial charge in [-0.25, -0.2) is 4.79 Å². The van der Waals surface area contributed by atoms with Crippen LogP contribution in [0.1, 0.15) is 122 Å². The SMILES string of the molecule is CCCCCCCCCCCCCCCCCCN(C(=O)C(CC(N)=O)S(=O)(=O)O)C(CC(=O)O)C(=O)O.[Na].[Na].[Na].[Na]. The number of hydrogen-bond donors (Lipinski definition) is 4. The van der Waals surface area contributed by atoms with Crippen molar-refractivity contribution in [2.75, 3.05) is 6.54 Å². The monoisotopic (exact) mass is 656 g/mol. The van der Waals surface area contributed by atoms with Crippen molar-refractivity contribution >= 4 is 152 Å². The van der Waals surface area contributed by atoms with Crippen LogP contribution in [-0.4, -0.2) is 188 Å². The van der Waals surface area contributed by atoms with Crippen LogP contribution in [0.5, 0.6) is 0 Å². The maximum atomic E-state index is 12.9. The number of unbranched alkanes of at least 4 members (excludes halogenated alkanes) is 15. The van der Waals surface area contributed by atoms with Gasteiger partial charge in [0.1, 0.15) is 6.04 Å². The van der Waals surface area contributed by atoms with Gasteiger partial charge in [0.25, 0.3) is 10.1 Å². The Kier molecular flexibility index (Phi) is 41.5. The van der Waals surface area contributed by atoms with Gasteiger partial charge in [-0.15, -0.1) is 0 Å². The molecular weight excluding hydrogens is 608 g/mol. The van der Waals surface area contributed by atoms with E-state index < -0.39 is 58.0 Å². The van der Waals surface area contributed by atoms with Crippen molar-refractivity contribution in [1.82, 2.24) is 4.90 Å². The Morgan fingerprint density at radius 1 is 0.667 bits per heavy atom. The Labute approximate surface area is 340 Å². The van der Waals surface area contributed by atoms with Gasteiger partial charge in [0.15, 0.2) is 5.25 Å². The van der Waals surface area contributed by atoms with Crippen molar-refractivity contribution in [2.24, 2.45) is 5.73 Å². The normalized spacial score (nSPS) is 11.9. The summed E-state index contributed by atoms with van der Waals surface area (Å²) >= 11 is 0. The summed E-state index contributed by atoms with van der Waals surface area (Å²) in [5.41, 5.74) is 4.99. The summed E-state index contributed by atoms with van der Waals surface area (Å²) in [6.07, 6.45) is 15.8. The zero-order valence-electron chi connectivity index (χ0n) is 26.8. The van der Waals surface area contributed by atoms with Crippen molar-refractivity contribution < 1.29 is 42.4 Å². The molecule has 42 heavy (non-hydrogen) atoms. The van der Waals surface area contributed by atoms with E-state index in [9.17, 15) is 37.3 Å². The first kappa shape index (κ1) is 53.3. The Morgan fingerprint density at radius 3 is 1.31 bits per heavy atom. The molecule has 0 aromatic rings. The molecule has 0 saturated carbocycles. The van der Waals surface area contributed by atoms with Crippen molar-refractivity contribution in [2.45, 2.75) is 134 Å². The van der Waals surface area contributed by atoms with Gasteiger partial charge in [0, 0.05) is 125 Å². The Bertz CT molecular complexity index is 837. The summed E-state index contributed by atoms with van der Waals surface area (Å²) in [7, 11) is -5.09. The van der Waals surface area contributed by atoms with Crippen LogP contribution in [0.15, 0.2) is 0 Å². The zero-order chi connectivity index (χ0) is 29.0. The number of rotatable bonds is 25. The predicted molar refractivity (Wildman–Crippen MR) is 167 cm³/mol. The van der Waals surface area contributed by atoms with Crippen LogP contribution in [-0.2, 0) is 29.3 Å². The first-order valence-electron chi connectivity index (χ1n) is 13.9. The minimum atomic E-state index is -5.09. The molecule has 5 N–H and O–H groups in total. The van der Waals surface area contributed by atoms with Crippen molar-refractivity contribution in [3.8, 4) is 0 Å². The van der Waals surface area contributed by atoms with Gasteiger partial charge in [0.05, 0.1) is 12.8 Å². The summed E-state index contributed by atoms with van der Waals surface area (Å²) in [5.74, 6) is -5.68. The van der Waals surface area contributed by atoms with E-state index in [4.69, 9.17) is 10.8 Å². The second-order valence-corrected chi connectivity index (χ2v) is 11.6. The summed E-state index contributed by atoms with van der Waals surface area (Å²) < 4.78 is 32.8. The fourth-order valence-electron chi connectivity index (χ4n) is 4.43. The van der Waals surface area contributed by atoms with Gasteiger partial charge >= 0.3 is 11.9 Å². The number of amides is 2. The molecule has 16 heteroatoms. The second-order valence-electron chi connectivity index (χ2n) is 9.96. The first-order valence-corrected chi connectivity index (χ1v) is 15.4. The largest absolute Gasteiger partial charge is 0.481 e. The maximum absolute atomic E-state index is 12.9. The molecule has 0 aliphatic carbocycles. The molecule has 11 nitrogen and oxygen atoms in total. The van der Waals surface area contributed by atoms with E-state index in [1.807, 2.05) is 0 Å². The number of carboxylic acids is 2. The molecule has 0 saturated heterocycles. The molecule has 0 aromatic carbocycles. The molecule has 2 atom stereocenters. The third-order valence-corrected chi connectivity index (χ3v) is 7.67. The number of aliphatic carboxylic acids is 2. The van der Waals surface area contributed by atoms with E-state index in [0.717, 1.165) is 25.7 Å². The van der Waals surface area contributed by atoms with Crippen LogP contribution in [0, 0.1) is 0 Å². The average Bonchev–Trinajstić information content (AvgIpc) is 2.82. The average molecular weight is 657 g/mol. The zero-order valence-corrected chi connectivity index (χ0v) is 35.6. The predicted octanol–water partition coefficient (Wildman–Crippen LogP) is 2.61. The minimum absolute atomic E-state index is 0. The van der Waals surface area contributed by atoms with Crippen molar-refractivity contribution in [3.05, 3.63) is 0 Å². The molecule has 2 amide bonds. The Morgan fingerprint density at radius 2 is 1.02 bits per heavy atom. The van der Waals surface area contributed by atoms with Gasteiger partial charge in [-0.05, 0) is 6.42 Å². The van der Waals surface area contributed by atoms with Gasteiger partial charge in [-0.1, -0.05) is 103 Å². The molecule has 0 aliphatic heterocycles. The van der Waals surface area contributed by atoms with Gasteiger partial charge in [0.2, 0.25) is 11.8 Å². The van der Waals surface area contributed by atoms with Crippen LogP contribution in [0.4, 0.5) is 0 Å². The molecular formula is C26H48N2Na4O9S. The smallest absolute Gasteiger partial charge is 0.327 e. The third kappa shape index (κ3) is 28.0. The summed E-state index contributed by atoms with van der Waals surface area (Å²) in [6.45, 7) is 1.99. The van der Waals surface area contributed by atoms with Crippen LogP contribution < -0.4 is 5.73 Å². The number of nitrogens with zero attached hydrogens (tertiary/aromatic N) is 1. The molecule has 0 heterocycles. The fourth-order valence-corrected chi connectivity index (χ4v) is 5.20. The van der Waals surface area contributed by atoms with E-state index in [1.165, 1.54) is 64.2 Å². The first-order chi connectivity index (χ1) is 17.9.